The predicted octanol–water partition coefficient (Wildman–Crippen LogP) is 2.09. The van der Waals surface area contributed by atoms with Crippen LogP contribution in [0.3, 0.4) is 0 Å². The van der Waals surface area contributed by atoms with Crippen LogP contribution in [0.1, 0.15) is 39.5 Å². The van der Waals surface area contributed by atoms with Crippen LogP contribution in [0.15, 0.2) is 0 Å². The molecule has 0 bridgehead atoms. The van der Waals surface area contributed by atoms with Crippen LogP contribution in [0.2, 0.25) is 0 Å². The molecule has 1 unspecified atom stereocenters. The lowest BCUT2D eigenvalue weighted by Gasteiger charge is -2.20. The van der Waals surface area contributed by atoms with Crippen molar-refractivity contribution in [1.82, 2.24) is 0 Å². The van der Waals surface area contributed by atoms with E-state index in [1.807, 2.05) is 0 Å². The van der Waals surface area contributed by atoms with Gasteiger partial charge in [-0.3, -0.25) is 0 Å². The summed E-state index contributed by atoms with van der Waals surface area (Å²) >= 11 is -0.547. The quantitative estimate of drug-likeness (QED) is 0.567. The average Bonchev–Trinajstić information content (AvgIpc) is 2.36. The lowest BCUT2D eigenvalue weighted by Crippen LogP contribution is -2.25. The molecule has 1 saturated carbocycles. The van der Waals surface area contributed by atoms with Gasteiger partial charge in [0, 0.05) is 0 Å². The number of hydrogen-bond acceptors (Lipinski definition) is 1. The van der Waals surface area contributed by atoms with Crippen LogP contribution in [0, 0.1) is 0 Å². The van der Waals surface area contributed by atoms with Gasteiger partial charge in [0.2, 0.25) is 0 Å². The zero-order valence-corrected chi connectivity index (χ0v) is 7.62. The second kappa shape index (κ2) is 3.63. The highest BCUT2D eigenvalue weighted by Gasteiger charge is 2.28. The van der Waals surface area contributed by atoms with Gasteiger partial charge >= 0.3 is 0 Å². The first-order chi connectivity index (χ1) is 4.72. The molecule has 0 saturated heterocycles. The van der Waals surface area contributed by atoms with Crippen LogP contribution in [0.5, 0.6) is 0 Å². The molecular formula is C8H16OS. The van der Waals surface area contributed by atoms with Crippen LogP contribution in [-0.2, 0) is 11.2 Å². The molecule has 1 fully saturated rings. The van der Waals surface area contributed by atoms with E-state index in [4.69, 9.17) is 0 Å². The van der Waals surface area contributed by atoms with Crippen molar-refractivity contribution in [3.8, 4) is 0 Å². The Bertz CT molecular complexity index is 97.4. The zero-order chi connectivity index (χ0) is 7.56. The molecule has 0 aliphatic heterocycles. The van der Waals surface area contributed by atoms with Gasteiger partial charge in [0.15, 0.2) is 0 Å². The van der Waals surface area contributed by atoms with Crippen molar-refractivity contribution in [2.24, 2.45) is 0 Å². The molecule has 0 radical (unpaired) electrons. The average molecular weight is 160 g/mol. The minimum absolute atomic E-state index is 0.364. The van der Waals surface area contributed by atoms with Crippen LogP contribution < -0.4 is 0 Å². The van der Waals surface area contributed by atoms with Gasteiger partial charge in [0.25, 0.3) is 0 Å². The van der Waals surface area contributed by atoms with Crippen molar-refractivity contribution in [2.45, 2.75) is 50.0 Å². The van der Waals surface area contributed by atoms with Crippen LogP contribution in [0.4, 0.5) is 0 Å². The molecule has 60 valence electrons. The third-order valence-corrected chi connectivity index (χ3v) is 4.15. The topological polar surface area (TPSA) is 23.1 Å². The van der Waals surface area contributed by atoms with Crippen molar-refractivity contribution in [2.75, 3.05) is 0 Å². The van der Waals surface area contributed by atoms with Gasteiger partial charge in [0.1, 0.15) is 10.5 Å². The Balaban J connectivity index is 2.32. The van der Waals surface area contributed by atoms with Gasteiger partial charge in [0.05, 0.1) is 0 Å². The fourth-order valence-corrected chi connectivity index (χ4v) is 3.07. The van der Waals surface area contributed by atoms with Crippen LogP contribution in [-0.4, -0.2) is 15.1 Å². The van der Waals surface area contributed by atoms with E-state index in [9.17, 15) is 4.55 Å². The van der Waals surface area contributed by atoms with Crippen molar-refractivity contribution in [1.29, 1.82) is 0 Å². The van der Waals surface area contributed by atoms with E-state index in [1.54, 1.807) is 0 Å². The third kappa shape index (κ3) is 1.89. The normalized spacial score (nSPS) is 24.0. The Morgan fingerprint density at radius 1 is 1.30 bits per heavy atom. The highest BCUT2D eigenvalue weighted by Crippen LogP contribution is 2.26. The van der Waals surface area contributed by atoms with E-state index in [0.717, 1.165) is 0 Å². The summed E-state index contributed by atoms with van der Waals surface area (Å²) in [6, 6.07) is 0. The molecule has 1 aliphatic rings. The maximum atomic E-state index is 11.5. The van der Waals surface area contributed by atoms with E-state index in [2.05, 4.69) is 13.8 Å². The molecule has 0 aromatic rings. The highest BCUT2D eigenvalue weighted by molar-refractivity contribution is 7.92. The smallest absolute Gasteiger partial charge is 0.115 e. The number of rotatable bonds is 2. The van der Waals surface area contributed by atoms with Crippen LogP contribution in [0.25, 0.3) is 0 Å². The lowest BCUT2D eigenvalue weighted by molar-refractivity contribution is 0.570. The first-order valence-electron chi connectivity index (χ1n) is 4.11. The van der Waals surface area contributed by atoms with E-state index < -0.39 is 11.2 Å². The van der Waals surface area contributed by atoms with E-state index in [0.29, 0.717) is 10.5 Å². The summed E-state index contributed by atoms with van der Waals surface area (Å²) in [6.45, 7) is 4.10. The molecule has 0 N–H and O–H groups in total. The first kappa shape index (κ1) is 8.41. The van der Waals surface area contributed by atoms with Gasteiger partial charge in [-0.2, -0.15) is 0 Å². The van der Waals surface area contributed by atoms with E-state index in [-0.39, 0.29) is 0 Å². The van der Waals surface area contributed by atoms with Gasteiger partial charge in [-0.15, -0.1) is 0 Å². The molecule has 1 atom stereocenters. The Hall–Kier alpha value is 0.310. The molecule has 0 aromatic heterocycles. The largest absolute Gasteiger partial charge is 0.616 e. The standard InChI is InChI=1S/C8H16OS/c1-7(2)10(9)8-5-3-4-6-8/h7-8H,3-6H2,1-2H3. The molecule has 0 heterocycles. The van der Waals surface area contributed by atoms with E-state index >= 15 is 0 Å². The Morgan fingerprint density at radius 2 is 1.80 bits per heavy atom. The minimum atomic E-state index is -0.547. The van der Waals surface area contributed by atoms with Crippen LogP contribution >= 0.6 is 0 Å². The summed E-state index contributed by atoms with van der Waals surface area (Å²) in [6.07, 6.45) is 4.99. The minimum Gasteiger partial charge on any atom is -0.616 e. The Kier molecular flexibility index (Phi) is 3.05. The maximum absolute atomic E-state index is 11.5. The summed E-state index contributed by atoms with van der Waals surface area (Å²) in [5.41, 5.74) is 0. The molecule has 10 heavy (non-hydrogen) atoms. The number of hydrogen-bond donors (Lipinski definition) is 0. The van der Waals surface area contributed by atoms with Gasteiger partial charge in [-0.05, 0) is 50.7 Å². The first-order valence-corrected chi connectivity index (χ1v) is 5.39. The molecule has 0 spiro atoms. The molecule has 1 aliphatic carbocycles. The van der Waals surface area contributed by atoms with Crippen molar-refractivity contribution < 1.29 is 4.55 Å². The second-order valence-corrected chi connectivity index (χ2v) is 5.55. The summed E-state index contributed by atoms with van der Waals surface area (Å²) in [5, 5.41) is 0.892. The summed E-state index contributed by atoms with van der Waals surface area (Å²) in [4.78, 5) is 0. The summed E-state index contributed by atoms with van der Waals surface area (Å²) in [5.74, 6) is 0. The monoisotopic (exact) mass is 160 g/mol. The molecule has 1 rings (SSSR count). The second-order valence-electron chi connectivity index (χ2n) is 3.28. The Morgan fingerprint density at radius 3 is 2.20 bits per heavy atom. The fourth-order valence-electron chi connectivity index (χ4n) is 1.51. The molecule has 2 heteroatoms. The van der Waals surface area contributed by atoms with Crippen molar-refractivity contribution in [3.63, 3.8) is 0 Å². The van der Waals surface area contributed by atoms with Gasteiger partial charge in [-0.25, -0.2) is 0 Å². The molecular weight excluding hydrogens is 144 g/mol. The SMILES string of the molecule is CC(C)[S+]([O-])C1CCCC1. The Labute approximate surface area is 66.4 Å². The maximum Gasteiger partial charge on any atom is 0.115 e. The third-order valence-electron chi connectivity index (χ3n) is 2.10. The molecule has 1 nitrogen and oxygen atoms in total. The highest BCUT2D eigenvalue weighted by atomic mass is 32.2. The lowest BCUT2D eigenvalue weighted by atomic mass is 10.4. The van der Waals surface area contributed by atoms with Crippen molar-refractivity contribution >= 4 is 11.2 Å². The summed E-state index contributed by atoms with van der Waals surface area (Å²) < 4.78 is 11.5. The molecule has 0 aromatic carbocycles. The molecule has 0 amide bonds. The van der Waals surface area contributed by atoms with E-state index in [1.165, 1.54) is 25.7 Å². The van der Waals surface area contributed by atoms with Gasteiger partial charge < -0.3 is 4.55 Å². The fraction of sp³-hybridized carbons (Fsp3) is 1.00. The zero-order valence-electron chi connectivity index (χ0n) is 6.80. The summed E-state index contributed by atoms with van der Waals surface area (Å²) in [7, 11) is 0. The van der Waals surface area contributed by atoms with Gasteiger partial charge in [-0.1, -0.05) is 0 Å². The van der Waals surface area contributed by atoms with Crippen molar-refractivity contribution in [3.05, 3.63) is 0 Å². The predicted molar refractivity (Wildman–Crippen MR) is 45.5 cm³/mol.